The Hall–Kier alpha value is -2.87. The first kappa shape index (κ1) is 18.5. The molecule has 28 heavy (non-hydrogen) atoms. The lowest BCUT2D eigenvalue weighted by Gasteiger charge is -2.12. The zero-order valence-corrected chi connectivity index (χ0v) is 16.4. The van der Waals surface area contributed by atoms with Crippen molar-refractivity contribution in [3.63, 3.8) is 0 Å². The summed E-state index contributed by atoms with van der Waals surface area (Å²) in [4.78, 5) is 11.2. The Morgan fingerprint density at radius 3 is 1.36 bits per heavy atom. The van der Waals surface area contributed by atoms with Crippen molar-refractivity contribution < 1.29 is 4.79 Å². The summed E-state index contributed by atoms with van der Waals surface area (Å²) in [5, 5.41) is 1.38. The van der Waals surface area contributed by atoms with Gasteiger partial charge in [0.15, 0.2) is 0 Å². The van der Waals surface area contributed by atoms with E-state index in [0.29, 0.717) is 15.6 Å². The maximum atomic E-state index is 11.2. The summed E-state index contributed by atoms with van der Waals surface area (Å²) in [7, 11) is 0. The van der Waals surface area contributed by atoms with Gasteiger partial charge in [0.2, 0.25) is 0 Å². The van der Waals surface area contributed by atoms with Crippen LogP contribution in [0.25, 0.3) is 33.4 Å². The van der Waals surface area contributed by atoms with Crippen LogP contribution in [0, 0.1) is 0 Å². The monoisotopic (exact) mass is 402 g/mol. The molecule has 136 valence electrons. The van der Waals surface area contributed by atoms with E-state index in [2.05, 4.69) is 18.2 Å². The second-order valence-electron chi connectivity index (χ2n) is 6.56. The van der Waals surface area contributed by atoms with Crippen LogP contribution in [0.3, 0.4) is 0 Å². The van der Waals surface area contributed by atoms with Crippen LogP contribution in [0.1, 0.15) is 10.4 Å². The van der Waals surface area contributed by atoms with Crippen LogP contribution < -0.4 is 0 Å². The van der Waals surface area contributed by atoms with Crippen molar-refractivity contribution >= 4 is 29.5 Å². The highest BCUT2D eigenvalue weighted by atomic mass is 35.5. The van der Waals surface area contributed by atoms with Crippen molar-refractivity contribution in [1.82, 2.24) is 0 Å². The predicted molar refractivity (Wildman–Crippen MR) is 118 cm³/mol. The summed E-state index contributed by atoms with van der Waals surface area (Å²) in [5.74, 6) is 0. The topological polar surface area (TPSA) is 17.1 Å². The molecule has 4 rings (SSSR count). The molecule has 4 aromatic carbocycles. The molecule has 0 N–H and O–H groups in total. The van der Waals surface area contributed by atoms with Gasteiger partial charge in [-0.25, -0.2) is 0 Å². The standard InChI is InChI=1S/C25H16Cl2O/c26-24-8-2-6-19(14-24)22-11-21(18-5-1-4-17(10-18)16-28)12-23(13-22)20-7-3-9-25(27)15-20/h1-16H. The molecule has 0 aromatic heterocycles. The number of benzene rings is 4. The summed E-state index contributed by atoms with van der Waals surface area (Å²) in [6.07, 6.45) is 0.863. The van der Waals surface area contributed by atoms with Gasteiger partial charge >= 0.3 is 0 Å². The molecule has 0 unspecified atom stereocenters. The first-order valence-electron chi connectivity index (χ1n) is 8.85. The quantitative estimate of drug-likeness (QED) is 0.318. The van der Waals surface area contributed by atoms with E-state index in [9.17, 15) is 4.79 Å². The predicted octanol–water partition coefficient (Wildman–Crippen LogP) is 7.81. The Kier molecular flexibility index (Phi) is 5.29. The molecule has 0 amide bonds. The maximum Gasteiger partial charge on any atom is 0.150 e. The van der Waals surface area contributed by atoms with Gasteiger partial charge in [0.25, 0.3) is 0 Å². The third-order valence-electron chi connectivity index (χ3n) is 4.60. The van der Waals surface area contributed by atoms with Crippen LogP contribution in [0.2, 0.25) is 10.0 Å². The first-order valence-corrected chi connectivity index (χ1v) is 9.60. The Morgan fingerprint density at radius 1 is 0.500 bits per heavy atom. The third kappa shape index (κ3) is 4.01. The lowest BCUT2D eigenvalue weighted by atomic mass is 9.93. The summed E-state index contributed by atoms with van der Waals surface area (Å²) < 4.78 is 0. The summed E-state index contributed by atoms with van der Waals surface area (Å²) >= 11 is 12.4. The summed E-state index contributed by atoms with van der Waals surface area (Å²) in [6.45, 7) is 0. The molecule has 0 heterocycles. The number of aldehydes is 1. The summed E-state index contributed by atoms with van der Waals surface area (Å²) in [5.41, 5.74) is 6.81. The van der Waals surface area contributed by atoms with Gasteiger partial charge in [-0.05, 0) is 81.9 Å². The fraction of sp³-hybridized carbons (Fsp3) is 0. The Morgan fingerprint density at radius 2 is 0.929 bits per heavy atom. The van der Waals surface area contributed by atoms with Crippen molar-refractivity contribution in [1.29, 1.82) is 0 Å². The minimum absolute atomic E-state index is 0.648. The highest BCUT2D eigenvalue weighted by Crippen LogP contribution is 2.34. The minimum Gasteiger partial charge on any atom is -0.298 e. The second kappa shape index (κ2) is 8.02. The van der Waals surface area contributed by atoms with E-state index in [1.54, 1.807) is 6.07 Å². The number of halogens is 2. The lowest BCUT2D eigenvalue weighted by molar-refractivity contribution is 0.112. The molecule has 3 heteroatoms. The number of rotatable bonds is 4. The van der Waals surface area contributed by atoms with Crippen LogP contribution in [0.4, 0.5) is 0 Å². The number of hydrogen-bond donors (Lipinski definition) is 0. The maximum absolute atomic E-state index is 11.2. The van der Waals surface area contributed by atoms with Crippen LogP contribution in [0.15, 0.2) is 91.0 Å². The van der Waals surface area contributed by atoms with Crippen LogP contribution >= 0.6 is 23.2 Å². The number of carbonyl (C=O) groups excluding carboxylic acids is 1. The fourth-order valence-corrected chi connectivity index (χ4v) is 3.64. The van der Waals surface area contributed by atoms with E-state index in [1.807, 2.05) is 66.7 Å². The van der Waals surface area contributed by atoms with Gasteiger partial charge in [-0.1, -0.05) is 65.7 Å². The number of hydrogen-bond acceptors (Lipinski definition) is 1. The highest BCUT2D eigenvalue weighted by molar-refractivity contribution is 6.31. The van der Waals surface area contributed by atoms with Gasteiger partial charge in [0, 0.05) is 15.6 Å². The van der Waals surface area contributed by atoms with Crippen molar-refractivity contribution in [2.24, 2.45) is 0 Å². The third-order valence-corrected chi connectivity index (χ3v) is 5.08. The van der Waals surface area contributed by atoms with Gasteiger partial charge in [0.1, 0.15) is 6.29 Å². The first-order chi connectivity index (χ1) is 13.6. The van der Waals surface area contributed by atoms with E-state index in [1.165, 1.54) is 0 Å². The SMILES string of the molecule is O=Cc1cccc(-c2cc(-c3cccc(Cl)c3)cc(-c3cccc(Cl)c3)c2)c1. The van der Waals surface area contributed by atoms with Gasteiger partial charge in [-0.3, -0.25) is 4.79 Å². The molecule has 0 aliphatic carbocycles. The average Bonchev–Trinajstić information content (AvgIpc) is 2.73. The Labute approximate surface area is 174 Å². The molecule has 1 nitrogen and oxygen atoms in total. The zero-order chi connectivity index (χ0) is 19.5. The van der Waals surface area contributed by atoms with Crippen molar-refractivity contribution in [3.05, 3.63) is 107 Å². The molecule has 0 saturated carbocycles. The summed E-state index contributed by atoms with van der Waals surface area (Å²) in [6, 6.07) is 29.5. The molecule has 0 saturated heterocycles. The molecular formula is C25H16Cl2O. The molecule has 0 fully saturated rings. The fourth-order valence-electron chi connectivity index (χ4n) is 3.26. The van der Waals surface area contributed by atoms with E-state index in [4.69, 9.17) is 23.2 Å². The molecule has 0 atom stereocenters. The molecule has 4 aromatic rings. The van der Waals surface area contributed by atoms with E-state index in [-0.39, 0.29) is 0 Å². The molecule has 0 bridgehead atoms. The molecule has 0 spiro atoms. The lowest BCUT2D eigenvalue weighted by Crippen LogP contribution is -1.87. The minimum atomic E-state index is 0.648. The van der Waals surface area contributed by atoms with Gasteiger partial charge < -0.3 is 0 Å². The highest BCUT2D eigenvalue weighted by Gasteiger charge is 2.09. The van der Waals surface area contributed by atoms with Crippen molar-refractivity contribution in [3.8, 4) is 33.4 Å². The zero-order valence-electron chi connectivity index (χ0n) is 14.9. The average molecular weight is 403 g/mol. The molecule has 0 radical (unpaired) electrons. The van der Waals surface area contributed by atoms with Gasteiger partial charge in [-0.2, -0.15) is 0 Å². The van der Waals surface area contributed by atoms with E-state index < -0.39 is 0 Å². The molecule has 0 aliphatic rings. The van der Waals surface area contributed by atoms with E-state index in [0.717, 1.165) is 39.7 Å². The normalized spacial score (nSPS) is 10.6. The van der Waals surface area contributed by atoms with Crippen LogP contribution in [0.5, 0.6) is 0 Å². The largest absolute Gasteiger partial charge is 0.298 e. The van der Waals surface area contributed by atoms with Gasteiger partial charge in [0.05, 0.1) is 0 Å². The molecule has 0 aliphatic heterocycles. The molecular weight excluding hydrogens is 387 g/mol. The van der Waals surface area contributed by atoms with Crippen LogP contribution in [-0.2, 0) is 0 Å². The van der Waals surface area contributed by atoms with Crippen molar-refractivity contribution in [2.75, 3.05) is 0 Å². The van der Waals surface area contributed by atoms with E-state index >= 15 is 0 Å². The second-order valence-corrected chi connectivity index (χ2v) is 7.44. The van der Waals surface area contributed by atoms with Crippen molar-refractivity contribution in [2.45, 2.75) is 0 Å². The van der Waals surface area contributed by atoms with Crippen LogP contribution in [-0.4, -0.2) is 6.29 Å². The number of carbonyl (C=O) groups is 1. The Bertz CT molecular complexity index is 1100. The van der Waals surface area contributed by atoms with Gasteiger partial charge in [-0.15, -0.1) is 0 Å². The smallest absolute Gasteiger partial charge is 0.150 e. The Balaban J connectivity index is 1.93.